The normalized spacial score (nSPS) is 11.7. The van der Waals surface area contributed by atoms with Crippen LogP contribution < -0.4 is 5.32 Å². The number of Topliss-reactive ketones (excluding diaryl/α,β-unsaturated/α-hetero) is 1. The van der Waals surface area contributed by atoms with Crippen LogP contribution >= 0.6 is 0 Å². The van der Waals surface area contributed by atoms with Crippen molar-refractivity contribution in [2.75, 3.05) is 5.32 Å². The van der Waals surface area contributed by atoms with Crippen LogP contribution in [0.5, 0.6) is 0 Å². The van der Waals surface area contributed by atoms with Gasteiger partial charge in [-0.2, -0.15) is 18.4 Å². The number of hydrogen-bond acceptors (Lipinski definition) is 3. The Bertz CT molecular complexity index is 684. The maximum Gasteiger partial charge on any atom is 0.415 e. The van der Waals surface area contributed by atoms with Crippen LogP contribution in [0.2, 0.25) is 0 Å². The summed E-state index contributed by atoms with van der Waals surface area (Å²) >= 11 is 0. The van der Waals surface area contributed by atoms with E-state index in [2.05, 4.69) is 11.9 Å². The molecule has 0 aliphatic carbocycles. The van der Waals surface area contributed by atoms with Gasteiger partial charge in [-0.25, -0.2) is 4.39 Å². The molecule has 3 nitrogen and oxygen atoms in total. The molecule has 1 aromatic carbocycles. The molecular formula is C16H14F4N2O. The summed E-state index contributed by atoms with van der Waals surface area (Å²) in [7, 11) is 0. The van der Waals surface area contributed by atoms with Gasteiger partial charge in [-0.15, -0.1) is 0 Å². The van der Waals surface area contributed by atoms with Gasteiger partial charge in [0.2, 0.25) is 0 Å². The zero-order chi connectivity index (χ0) is 17.6. The average molecular weight is 326 g/mol. The Labute approximate surface area is 130 Å². The van der Waals surface area contributed by atoms with E-state index in [1.54, 1.807) is 13.0 Å². The highest BCUT2D eigenvalue weighted by Crippen LogP contribution is 2.27. The van der Waals surface area contributed by atoms with Crippen molar-refractivity contribution in [1.82, 2.24) is 0 Å². The zero-order valence-electron chi connectivity index (χ0n) is 12.3. The van der Waals surface area contributed by atoms with Crippen molar-refractivity contribution in [3.05, 3.63) is 53.5 Å². The number of alkyl halides is 3. The van der Waals surface area contributed by atoms with Crippen LogP contribution in [0.25, 0.3) is 0 Å². The largest absolute Gasteiger partial charge is 0.415 e. The SMILES string of the molecule is C=C(/C=C(\Nc1ccc(F)c(C#N)c1)C(=O)CCC)C(F)(F)F. The van der Waals surface area contributed by atoms with E-state index >= 15 is 0 Å². The minimum Gasteiger partial charge on any atom is -0.353 e. The number of nitrogens with one attached hydrogen (secondary N) is 1. The highest BCUT2D eigenvalue weighted by Gasteiger charge is 2.31. The molecule has 0 atom stereocenters. The average Bonchev–Trinajstić information content (AvgIpc) is 2.47. The molecule has 1 aromatic rings. The minimum absolute atomic E-state index is 0.0380. The number of nitrogens with zero attached hydrogens (tertiary/aromatic N) is 1. The molecule has 0 radical (unpaired) electrons. The molecule has 122 valence electrons. The van der Waals surface area contributed by atoms with E-state index in [4.69, 9.17) is 5.26 Å². The van der Waals surface area contributed by atoms with Crippen LogP contribution in [-0.2, 0) is 4.79 Å². The lowest BCUT2D eigenvalue weighted by Gasteiger charge is -2.13. The molecule has 0 bridgehead atoms. The second-order valence-corrected chi connectivity index (χ2v) is 4.69. The number of benzene rings is 1. The highest BCUT2D eigenvalue weighted by molar-refractivity contribution is 5.98. The van der Waals surface area contributed by atoms with Crippen molar-refractivity contribution in [2.45, 2.75) is 25.9 Å². The molecule has 23 heavy (non-hydrogen) atoms. The van der Waals surface area contributed by atoms with Crippen molar-refractivity contribution >= 4 is 11.5 Å². The predicted molar refractivity (Wildman–Crippen MR) is 77.9 cm³/mol. The van der Waals surface area contributed by atoms with Gasteiger partial charge in [0.25, 0.3) is 0 Å². The third-order valence-corrected chi connectivity index (χ3v) is 2.83. The summed E-state index contributed by atoms with van der Waals surface area (Å²) in [5, 5.41) is 11.3. The highest BCUT2D eigenvalue weighted by atomic mass is 19.4. The maximum absolute atomic E-state index is 13.3. The first kappa shape index (κ1) is 18.4. The molecule has 0 aromatic heterocycles. The topological polar surface area (TPSA) is 52.9 Å². The number of allylic oxidation sites excluding steroid dienone is 3. The summed E-state index contributed by atoms with van der Waals surface area (Å²) < 4.78 is 51.0. The Balaban J connectivity index is 3.17. The lowest BCUT2D eigenvalue weighted by molar-refractivity contribution is -0.115. The molecule has 0 aliphatic rings. The van der Waals surface area contributed by atoms with Crippen molar-refractivity contribution in [3.8, 4) is 6.07 Å². The Morgan fingerprint density at radius 3 is 2.61 bits per heavy atom. The van der Waals surface area contributed by atoms with E-state index in [1.807, 2.05) is 0 Å². The van der Waals surface area contributed by atoms with Crippen molar-refractivity contribution in [3.63, 3.8) is 0 Å². The quantitative estimate of drug-likeness (QED) is 0.476. The molecule has 0 aliphatic heterocycles. The summed E-state index contributed by atoms with van der Waals surface area (Å²) in [4.78, 5) is 12.0. The van der Waals surface area contributed by atoms with Crippen LogP contribution in [0, 0.1) is 17.1 Å². The Morgan fingerprint density at radius 1 is 1.43 bits per heavy atom. The number of rotatable bonds is 6. The van der Waals surface area contributed by atoms with E-state index in [0.29, 0.717) is 12.5 Å². The van der Waals surface area contributed by atoms with Crippen LogP contribution in [-0.4, -0.2) is 12.0 Å². The summed E-state index contributed by atoms with van der Waals surface area (Å²) in [6, 6.07) is 4.93. The fourth-order valence-corrected chi connectivity index (χ4v) is 1.65. The zero-order valence-corrected chi connectivity index (χ0v) is 12.3. The van der Waals surface area contributed by atoms with Gasteiger partial charge >= 0.3 is 6.18 Å². The van der Waals surface area contributed by atoms with E-state index in [1.165, 1.54) is 6.07 Å². The first-order valence-corrected chi connectivity index (χ1v) is 6.66. The molecule has 0 amide bonds. The summed E-state index contributed by atoms with van der Waals surface area (Å²) in [5.74, 6) is -1.30. The van der Waals surface area contributed by atoms with Gasteiger partial charge < -0.3 is 5.32 Å². The van der Waals surface area contributed by atoms with Gasteiger partial charge in [0.1, 0.15) is 11.9 Å². The minimum atomic E-state index is -4.67. The number of carbonyl (C=O) groups excluding carboxylic acids is 1. The Kier molecular flexibility index (Phi) is 6.08. The van der Waals surface area contributed by atoms with Crippen LogP contribution in [0.3, 0.4) is 0 Å². The van der Waals surface area contributed by atoms with E-state index in [9.17, 15) is 22.4 Å². The molecule has 0 unspecified atom stereocenters. The van der Waals surface area contributed by atoms with E-state index in [-0.39, 0.29) is 23.4 Å². The second-order valence-electron chi connectivity index (χ2n) is 4.69. The molecule has 1 N–H and O–H groups in total. The maximum atomic E-state index is 13.3. The van der Waals surface area contributed by atoms with Gasteiger partial charge in [-0.3, -0.25) is 4.79 Å². The van der Waals surface area contributed by atoms with Gasteiger partial charge in [0.05, 0.1) is 16.8 Å². The van der Waals surface area contributed by atoms with Crippen molar-refractivity contribution in [1.29, 1.82) is 5.26 Å². The monoisotopic (exact) mass is 326 g/mol. The third kappa shape index (κ3) is 5.25. The predicted octanol–water partition coefficient (Wildman–Crippen LogP) is 4.48. The molecular weight excluding hydrogens is 312 g/mol. The fraction of sp³-hybridized carbons (Fsp3) is 0.250. The number of anilines is 1. The van der Waals surface area contributed by atoms with Crippen LogP contribution in [0.15, 0.2) is 42.1 Å². The van der Waals surface area contributed by atoms with Gasteiger partial charge in [-0.05, 0) is 30.7 Å². The first-order valence-electron chi connectivity index (χ1n) is 6.66. The standard InChI is InChI=1S/C16H14F4N2O/c1-3-4-15(23)14(7-10(2)16(18,19)20)22-12-5-6-13(17)11(8-12)9-21/h5-8,22H,2-4H2,1H3/b14-7-. The second kappa shape index (κ2) is 7.58. The number of carbonyl (C=O) groups is 1. The first-order chi connectivity index (χ1) is 10.7. The third-order valence-electron chi connectivity index (χ3n) is 2.83. The summed E-state index contributed by atoms with van der Waals surface area (Å²) in [5.41, 5.74) is -1.66. The molecule has 0 saturated heterocycles. The van der Waals surface area contributed by atoms with Crippen molar-refractivity contribution < 1.29 is 22.4 Å². The number of hydrogen-bond donors (Lipinski definition) is 1. The molecule has 1 rings (SSSR count). The smallest absolute Gasteiger partial charge is 0.353 e. The van der Waals surface area contributed by atoms with Gasteiger partial charge in [0.15, 0.2) is 5.78 Å². The van der Waals surface area contributed by atoms with Gasteiger partial charge in [0, 0.05) is 12.1 Å². The van der Waals surface area contributed by atoms with Crippen LogP contribution in [0.4, 0.5) is 23.2 Å². The lowest BCUT2D eigenvalue weighted by atomic mass is 10.1. The molecule has 0 saturated carbocycles. The number of nitriles is 1. The molecule has 0 heterocycles. The lowest BCUT2D eigenvalue weighted by Crippen LogP contribution is -2.15. The van der Waals surface area contributed by atoms with E-state index in [0.717, 1.165) is 12.1 Å². The summed E-state index contributed by atoms with van der Waals surface area (Å²) in [6.07, 6.45) is -3.58. The Morgan fingerprint density at radius 2 is 2.09 bits per heavy atom. The molecule has 7 heteroatoms. The van der Waals surface area contributed by atoms with Crippen LogP contribution in [0.1, 0.15) is 25.3 Å². The molecule has 0 fully saturated rings. The Hall–Kier alpha value is -2.62. The van der Waals surface area contributed by atoms with Gasteiger partial charge in [-0.1, -0.05) is 13.5 Å². The summed E-state index contributed by atoms with van der Waals surface area (Å²) in [6.45, 7) is 4.60. The van der Waals surface area contributed by atoms with E-state index < -0.39 is 23.3 Å². The van der Waals surface area contributed by atoms with Crippen molar-refractivity contribution in [2.24, 2.45) is 0 Å². The number of ketones is 1. The molecule has 0 spiro atoms. The fourth-order valence-electron chi connectivity index (χ4n) is 1.65. The number of halogens is 4.